The molecule has 0 N–H and O–H groups in total. The molecule has 25 heavy (non-hydrogen) atoms. The smallest absolute Gasteiger partial charge is 0.228 e. The van der Waals surface area contributed by atoms with E-state index in [4.69, 9.17) is 4.74 Å². The summed E-state index contributed by atoms with van der Waals surface area (Å²) in [7, 11) is 0. The molecule has 0 spiro atoms. The minimum atomic E-state index is -0.276. The Morgan fingerprint density at radius 3 is 2.52 bits per heavy atom. The molecule has 0 saturated carbocycles. The van der Waals surface area contributed by atoms with Gasteiger partial charge in [-0.2, -0.15) is 0 Å². The molecule has 5 nitrogen and oxygen atoms in total. The summed E-state index contributed by atoms with van der Waals surface area (Å²) in [5, 5.41) is 0. The number of likely N-dealkylation sites (tertiary alicyclic amines) is 2. The molecule has 0 radical (unpaired) electrons. The van der Waals surface area contributed by atoms with Crippen LogP contribution in [0.4, 0.5) is 4.39 Å². The third kappa shape index (κ3) is 3.84. The molecule has 0 bridgehead atoms. The van der Waals surface area contributed by atoms with E-state index in [-0.39, 0.29) is 48.2 Å². The van der Waals surface area contributed by atoms with Crippen LogP contribution in [0.2, 0.25) is 0 Å². The van der Waals surface area contributed by atoms with Gasteiger partial charge in [0, 0.05) is 37.2 Å². The zero-order valence-corrected chi connectivity index (χ0v) is 15.0. The van der Waals surface area contributed by atoms with Crippen molar-refractivity contribution < 1.29 is 18.7 Å². The van der Waals surface area contributed by atoms with E-state index in [9.17, 15) is 14.0 Å². The van der Waals surface area contributed by atoms with Crippen LogP contribution in [0.5, 0.6) is 0 Å². The van der Waals surface area contributed by atoms with E-state index in [1.54, 1.807) is 28.0 Å². The lowest BCUT2D eigenvalue weighted by atomic mass is 10.0. The van der Waals surface area contributed by atoms with E-state index in [1.807, 2.05) is 20.8 Å². The quantitative estimate of drug-likeness (QED) is 0.838. The lowest BCUT2D eigenvalue weighted by Gasteiger charge is -2.40. The van der Waals surface area contributed by atoms with E-state index >= 15 is 0 Å². The predicted octanol–water partition coefficient (Wildman–Crippen LogP) is 2.20. The summed E-state index contributed by atoms with van der Waals surface area (Å²) in [5.41, 5.74) is 0.265. The second-order valence-corrected chi connectivity index (χ2v) is 7.84. The molecule has 1 atom stereocenters. The van der Waals surface area contributed by atoms with Gasteiger partial charge in [0.15, 0.2) is 0 Å². The van der Waals surface area contributed by atoms with Crippen LogP contribution in [0.15, 0.2) is 24.3 Å². The van der Waals surface area contributed by atoms with Crippen LogP contribution >= 0.6 is 0 Å². The first-order chi connectivity index (χ1) is 11.8. The number of carbonyl (C=O) groups is 2. The Hall–Kier alpha value is -1.95. The van der Waals surface area contributed by atoms with Gasteiger partial charge in [0.2, 0.25) is 11.8 Å². The van der Waals surface area contributed by atoms with Crippen LogP contribution in [-0.2, 0) is 20.9 Å². The summed E-state index contributed by atoms with van der Waals surface area (Å²) in [6.07, 6.45) is 0.215. The number of carbonyl (C=O) groups excluding carboxylic acids is 2. The standard InChI is InChI=1S/C19H25FN2O3/c1-19(2,3)22-9-14(8-17(22)23)18(24)21-10-15(11-21)25-12-13-6-4-5-7-16(13)20/h4-7,14-15H,8-12H2,1-3H3/t14-/m0/s1. The summed E-state index contributed by atoms with van der Waals surface area (Å²) < 4.78 is 19.2. The Kier molecular flexibility index (Phi) is 4.82. The fourth-order valence-electron chi connectivity index (χ4n) is 3.33. The summed E-state index contributed by atoms with van der Waals surface area (Å²) in [5.74, 6) is -0.481. The molecule has 0 aromatic heterocycles. The van der Waals surface area contributed by atoms with E-state index in [2.05, 4.69) is 0 Å². The average Bonchev–Trinajstić information content (AvgIpc) is 2.89. The van der Waals surface area contributed by atoms with E-state index in [0.29, 0.717) is 25.2 Å². The number of hydrogen-bond acceptors (Lipinski definition) is 3. The van der Waals surface area contributed by atoms with Gasteiger partial charge < -0.3 is 14.5 Å². The van der Waals surface area contributed by atoms with Gasteiger partial charge >= 0.3 is 0 Å². The second-order valence-electron chi connectivity index (χ2n) is 7.84. The summed E-state index contributed by atoms with van der Waals surface area (Å²) in [6, 6.07) is 6.53. The molecule has 1 aromatic carbocycles. The second kappa shape index (κ2) is 6.75. The number of hydrogen-bond donors (Lipinski definition) is 0. The summed E-state index contributed by atoms with van der Waals surface area (Å²) in [4.78, 5) is 28.2. The molecule has 2 saturated heterocycles. The van der Waals surface area contributed by atoms with Crippen molar-refractivity contribution in [2.75, 3.05) is 19.6 Å². The highest BCUT2D eigenvalue weighted by Crippen LogP contribution is 2.28. The average molecular weight is 348 g/mol. The molecular formula is C19H25FN2O3. The Bertz CT molecular complexity index is 665. The van der Waals surface area contributed by atoms with Gasteiger partial charge in [0.25, 0.3) is 0 Å². The number of rotatable bonds is 4. The fraction of sp³-hybridized carbons (Fsp3) is 0.579. The van der Waals surface area contributed by atoms with Crippen molar-refractivity contribution >= 4 is 11.8 Å². The van der Waals surface area contributed by atoms with Gasteiger partial charge in [0.05, 0.1) is 18.6 Å². The molecule has 0 aliphatic carbocycles. The number of ether oxygens (including phenoxy) is 1. The summed E-state index contributed by atoms with van der Waals surface area (Å²) in [6.45, 7) is 7.65. The maximum absolute atomic E-state index is 13.6. The van der Waals surface area contributed by atoms with Gasteiger partial charge in [-0.3, -0.25) is 9.59 Å². The molecule has 2 heterocycles. The van der Waals surface area contributed by atoms with Gasteiger partial charge in [0.1, 0.15) is 5.82 Å². The van der Waals surface area contributed by atoms with Crippen LogP contribution in [-0.4, -0.2) is 52.9 Å². The number of halogens is 1. The van der Waals surface area contributed by atoms with E-state index in [1.165, 1.54) is 6.07 Å². The molecule has 3 rings (SSSR count). The topological polar surface area (TPSA) is 49.9 Å². The first-order valence-corrected chi connectivity index (χ1v) is 8.70. The maximum Gasteiger partial charge on any atom is 0.228 e. The third-order valence-electron chi connectivity index (χ3n) is 4.88. The van der Waals surface area contributed by atoms with Crippen LogP contribution in [0.1, 0.15) is 32.8 Å². The number of benzene rings is 1. The van der Waals surface area contributed by atoms with Crippen molar-refractivity contribution in [1.82, 2.24) is 9.80 Å². The molecule has 136 valence electrons. The predicted molar refractivity (Wildman–Crippen MR) is 91.1 cm³/mol. The van der Waals surface area contributed by atoms with Crippen molar-refractivity contribution in [2.45, 2.75) is 45.4 Å². The highest BCUT2D eigenvalue weighted by Gasteiger charge is 2.43. The van der Waals surface area contributed by atoms with Crippen LogP contribution in [0.3, 0.4) is 0 Å². The largest absolute Gasteiger partial charge is 0.370 e. The molecule has 2 fully saturated rings. The highest BCUT2D eigenvalue weighted by atomic mass is 19.1. The highest BCUT2D eigenvalue weighted by molar-refractivity contribution is 5.90. The molecule has 1 aromatic rings. The SMILES string of the molecule is CC(C)(C)N1C[C@@H](C(=O)N2CC(OCc3ccccc3F)C2)CC1=O. The Morgan fingerprint density at radius 1 is 1.24 bits per heavy atom. The minimum Gasteiger partial charge on any atom is -0.370 e. The fourth-order valence-corrected chi connectivity index (χ4v) is 3.33. The van der Waals surface area contributed by atoms with Crippen molar-refractivity contribution in [3.63, 3.8) is 0 Å². The van der Waals surface area contributed by atoms with Crippen LogP contribution in [0, 0.1) is 11.7 Å². The van der Waals surface area contributed by atoms with Crippen molar-refractivity contribution in [3.05, 3.63) is 35.6 Å². The Labute approximate surface area is 147 Å². The zero-order chi connectivity index (χ0) is 18.2. The monoisotopic (exact) mass is 348 g/mol. The first-order valence-electron chi connectivity index (χ1n) is 8.70. The number of amides is 2. The Morgan fingerprint density at radius 2 is 1.92 bits per heavy atom. The molecule has 6 heteroatoms. The number of nitrogens with zero attached hydrogens (tertiary/aromatic N) is 2. The normalized spacial score (nSPS) is 21.6. The van der Waals surface area contributed by atoms with Gasteiger partial charge in [-0.25, -0.2) is 4.39 Å². The van der Waals surface area contributed by atoms with Crippen molar-refractivity contribution in [2.24, 2.45) is 5.92 Å². The molecular weight excluding hydrogens is 323 g/mol. The minimum absolute atomic E-state index is 0.0193. The lowest BCUT2D eigenvalue weighted by molar-refractivity contribution is -0.150. The zero-order valence-electron chi connectivity index (χ0n) is 15.0. The third-order valence-corrected chi connectivity index (χ3v) is 4.88. The lowest BCUT2D eigenvalue weighted by Crippen LogP contribution is -2.56. The van der Waals surface area contributed by atoms with Gasteiger partial charge in [-0.1, -0.05) is 18.2 Å². The molecule has 2 amide bonds. The molecule has 0 unspecified atom stereocenters. The first kappa shape index (κ1) is 17.9. The van der Waals surface area contributed by atoms with Crippen LogP contribution in [0.25, 0.3) is 0 Å². The van der Waals surface area contributed by atoms with Crippen molar-refractivity contribution in [3.8, 4) is 0 Å². The Balaban J connectivity index is 1.46. The van der Waals surface area contributed by atoms with Crippen molar-refractivity contribution in [1.29, 1.82) is 0 Å². The maximum atomic E-state index is 13.6. The van der Waals surface area contributed by atoms with E-state index in [0.717, 1.165) is 0 Å². The van der Waals surface area contributed by atoms with Crippen LogP contribution < -0.4 is 0 Å². The molecule has 2 aliphatic heterocycles. The van der Waals surface area contributed by atoms with Gasteiger partial charge in [-0.15, -0.1) is 0 Å². The summed E-state index contributed by atoms with van der Waals surface area (Å²) >= 11 is 0. The van der Waals surface area contributed by atoms with Gasteiger partial charge in [-0.05, 0) is 26.8 Å². The van der Waals surface area contributed by atoms with E-state index < -0.39 is 0 Å². The molecule has 2 aliphatic rings.